The molecule has 1 heterocycles. The Bertz CT molecular complexity index is 264. The quantitative estimate of drug-likeness (QED) is 0.787. The summed E-state index contributed by atoms with van der Waals surface area (Å²) in [5, 5.41) is 0. The Morgan fingerprint density at radius 2 is 1.53 bits per heavy atom. The summed E-state index contributed by atoms with van der Waals surface area (Å²) in [5.74, 6) is 0. The average Bonchev–Trinajstić information content (AvgIpc) is 2.70. The van der Waals surface area contributed by atoms with E-state index in [-0.39, 0.29) is 0 Å². The molecular formula is C17H34N2. The van der Waals surface area contributed by atoms with Crippen LogP contribution in [0.5, 0.6) is 0 Å². The summed E-state index contributed by atoms with van der Waals surface area (Å²) in [6.07, 6.45) is 12.5. The molecule has 2 fully saturated rings. The fraction of sp³-hybridized carbons (Fsp3) is 1.00. The van der Waals surface area contributed by atoms with Crippen molar-refractivity contribution in [1.29, 1.82) is 0 Å². The van der Waals surface area contributed by atoms with Crippen molar-refractivity contribution in [3.8, 4) is 0 Å². The third kappa shape index (κ3) is 4.46. The fourth-order valence-corrected chi connectivity index (χ4v) is 4.02. The van der Waals surface area contributed by atoms with Crippen LogP contribution in [0.4, 0.5) is 0 Å². The van der Waals surface area contributed by atoms with Gasteiger partial charge in [-0.05, 0) is 62.6 Å². The molecule has 0 aromatic rings. The van der Waals surface area contributed by atoms with Gasteiger partial charge in [-0.2, -0.15) is 0 Å². The average molecular weight is 266 g/mol. The summed E-state index contributed by atoms with van der Waals surface area (Å²) in [6, 6.07) is 0. The number of rotatable bonds is 3. The Balaban J connectivity index is 1.93. The molecule has 2 aliphatic rings. The van der Waals surface area contributed by atoms with Crippen LogP contribution in [-0.4, -0.2) is 31.1 Å². The molecule has 1 aliphatic carbocycles. The molecule has 0 atom stereocenters. The molecule has 112 valence electrons. The maximum atomic E-state index is 6.19. The molecule has 2 nitrogen and oxygen atoms in total. The number of nitrogens with zero attached hydrogens (tertiary/aromatic N) is 1. The smallest absolute Gasteiger partial charge is 0.00501 e. The highest BCUT2D eigenvalue weighted by Crippen LogP contribution is 2.37. The van der Waals surface area contributed by atoms with Gasteiger partial charge in [0.15, 0.2) is 0 Å². The predicted octanol–water partition coefficient (Wildman–Crippen LogP) is 3.80. The number of hydrogen-bond donors (Lipinski definition) is 1. The zero-order valence-corrected chi connectivity index (χ0v) is 13.2. The van der Waals surface area contributed by atoms with Gasteiger partial charge in [0.2, 0.25) is 0 Å². The van der Waals surface area contributed by atoms with Gasteiger partial charge in [-0.1, -0.05) is 39.5 Å². The van der Waals surface area contributed by atoms with E-state index in [1.807, 2.05) is 0 Å². The van der Waals surface area contributed by atoms with Gasteiger partial charge < -0.3 is 10.6 Å². The van der Waals surface area contributed by atoms with Crippen molar-refractivity contribution < 1.29 is 0 Å². The molecule has 0 amide bonds. The fourth-order valence-electron chi connectivity index (χ4n) is 4.02. The van der Waals surface area contributed by atoms with Crippen LogP contribution in [0, 0.1) is 10.8 Å². The molecule has 0 spiro atoms. The molecule has 0 unspecified atom stereocenters. The van der Waals surface area contributed by atoms with Crippen molar-refractivity contribution in [3.63, 3.8) is 0 Å². The zero-order valence-electron chi connectivity index (χ0n) is 13.2. The maximum absolute atomic E-state index is 6.19. The third-order valence-electron chi connectivity index (χ3n) is 5.59. The van der Waals surface area contributed by atoms with Gasteiger partial charge in [-0.15, -0.1) is 0 Å². The Morgan fingerprint density at radius 3 is 2.16 bits per heavy atom. The van der Waals surface area contributed by atoms with Crippen LogP contribution in [0.25, 0.3) is 0 Å². The number of nitrogens with two attached hydrogens (primary N) is 1. The summed E-state index contributed by atoms with van der Waals surface area (Å²) in [6.45, 7) is 9.61. The number of hydrogen-bond acceptors (Lipinski definition) is 2. The molecule has 2 N–H and O–H groups in total. The largest absolute Gasteiger partial charge is 0.330 e. The minimum atomic E-state index is 0.435. The van der Waals surface area contributed by atoms with E-state index in [1.54, 1.807) is 0 Å². The van der Waals surface area contributed by atoms with Gasteiger partial charge in [0, 0.05) is 6.54 Å². The first-order valence-electron chi connectivity index (χ1n) is 8.48. The third-order valence-corrected chi connectivity index (χ3v) is 5.59. The minimum absolute atomic E-state index is 0.435. The lowest BCUT2D eigenvalue weighted by Gasteiger charge is -2.37. The van der Waals surface area contributed by atoms with Crippen molar-refractivity contribution in [2.45, 2.75) is 71.6 Å². The van der Waals surface area contributed by atoms with Crippen molar-refractivity contribution >= 4 is 0 Å². The lowest BCUT2D eigenvalue weighted by Crippen LogP contribution is -2.43. The SMILES string of the molecule is CC1(C)CCCN(CC2(CN)CCCCCC2)CC1. The summed E-state index contributed by atoms with van der Waals surface area (Å²) in [7, 11) is 0. The van der Waals surface area contributed by atoms with E-state index in [0.717, 1.165) is 6.54 Å². The van der Waals surface area contributed by atoms with E-state index < -0.39 is 0 Å². The molecular weight excluding hydrogens is 232 g/mol. The van der Waals surface area contributed by atoms with Gasteiger partial charge in [0.05, 0.1) is 0 Å². The highest BCUT2D eigenvalue weighted by molar-refractivity contribution is 4.87. The van der Waals surface area contributed by atoms with Crippen LogP contribution in [0.1, 0.15) is 71.6 Å². The van der Waals surface area contributed by atoms with E-state index in [1.165, 1.54) is 77.4 Å². The Morgan fingerprint density at radius 1 is 0.842 bits per heavy atom. The van der Waals surface area contributed by atoms with Crippen LogP contribution in [-0.2, 0) is 0 Å². The van der Waals surface area contributed by atoms with Crippen molar-refractivity contribution in [2.75, 3.05) is 26.2 Å². The zero-order chi connectivity index (χ0) is 13.8. The monoisotopic (exact) mass is 266 g/mol. The Labute approximate surface area is 120 Å². The summed E-state index contributed by atoms with van der Waals surface area (Å²) >= 11 is 0. The van der Waals surface area contributed by atoms with Crippen LogP contribution >= 0.6 is 0 Å². The van der Waals surface area contributed by atoms with Crippen molar-refractivity contribution in [2.24, 2.45) is 16.6 Å². The van der Waals surface area contributed by atoms with Gasteiger partial charge in [0.25, 0.3) is 0 Å². The summed E-state index contributed by atoms with van der Waals surface area (Å²) < 4.78 is 0. The van der Waals surface area contributed by atoms with Gasteiger partial charge in [0.1, 0.15) is 0 Å². The molecule has 1 saturated carbocycles. The first-order chi connectivity index (χ1) is 9.05. The second kappa shape index (κ2) is 6.58. The molecule has 1 saturated heterocycles. The highest BCUT2D eigenvalue weighted by Gasteiger charge is 2.33. The standard InChI is InChI=1S/C17H34N2/c1-16(2)8-7-12-19(13-11-16)15-17(14-18)9-5-3-4-6-10-17/h3-15,18H2,1-2H3. The first kappa shape index (κ1) is 15.3. The van der Waals surface area contributed by atoms with Crippen LogP contribution in [0.15, 0.2) is 0 Å². The maximum Gasteiger partial charge on any atom is 0.00501 e. The minimum Gasteiger partial charge on any atom is -0.330 e. The lowest BCUT2D eigenvalue weighted by molar-refractivity contribution is 0.136. The van der Waals surface area contributed by atoms with E-state index in [9.17, 15) is 0 Å². The molecule has 0 aromatic carbocycles. The van der Waals surface area contributed by atoms with E-state index in [2.05, 4.69) is 18.7 Å². The molecule has 2 rings (SSSR count). The van der Waals surface area contributed by atoms with Gasteiger partial charge >= 0.3 is 0 Å². The van der Waals surface area contributed by atoms with Crippen LogP contribution in [0.3, 0.4) is 0 Å². The molecule has 2 heteroatoms. The lowest BCUT2D eigenvalue weighted by atomic mass is 9.79. The first-order valence-corrected chi connectivity index (χ1v) is 8.48. The van der Waals surface area contributed by atoms with E-state index >= 15 is 0 Å². The predicted molar refractivity (Wildman–Crippen MR) is 83.3 cm³/mol. The topological polar surface area (TPSA) is 29.3 Å². The van der Waals surface area contributed by atoms with E-state index in [0.29, 0.717) is 10.8 Å². The summed E-state index contributed by atoms with van der Waals surface area (Å²) in [4.78, 5) is 2.73. The molecule has 0 bridgehead atoms. The van der Waals surface area contributed by atoms with Crippen LogP contribution in [0.2, 0.25) is 0 Å². The molecule has 19 heavy (non-hydrogen) atoms. The van der Waals surface area contributed by atoms with E-state index in [4.69, 9.17) is 5.73 Å². The number of likely N-dealkylation sites (tertiary alicyclic amines) is 1. The van der Waals surface area contributed by atoms with Gasteiger partial charge in [-0.3, -0.25) is 0 Å². The van der Waals surface area contributed by atoms with Crippen molar-refractivity contribution in [1.82, 2.24) is 4.90 Å². The Kier molecular flexibility index (Phi) is 5.30. The highest BCUT2D eigenvalue weighted by atomic mass is 15.1. The molecule has 0 radical (unpaired) electrons. The van der Waals surface area contributed by atoms with Gasteiger partial charge in [-0.25, -0.2) is 0 Å². The normalized spacial score (nSPS) is 28.6. The molecule has 1 aliphatic heterocycles. The summed E-state index contributed by atoms with van der Waals surface area (Å²) in [5.41, 5.74) is 7.18. The Hall–Kier alpha value is -0.0800. The second-order valence-electron chi connectivity index (χ2n) is 7.91. The van der Waals surface area contributed by atoms with Crippen LogP contribution < -0.4 is 5.73 Å². The van der Waals surface area contributed by atoms with Crippen molar-refractivity contribution in [3.05, 3.63) is 0 Å². The second-order valence-corrected chi connectivity index (χ2v) is 7.91. The molecule has 0 aromatic heterocycles.